The smallest absolute Gasteiger partial charge is 0.255 e. The fourth-order valence-corrected chi connectivity index (χ4v) is 9.41. The van der Waals surface area contributed by atoms with Gasteiger partial charge in [-0.15, -0.1) is 10.2 Å². The van der Waals surface area contributed by atoms with Crippen LogP contribution < -0.4 is 15.5 Å². The van der Waals surface area contributed by atoms with Crippen molar-refractivity contribution in [2.75, 3.05) is 49.5 Å². The number of likely N-dealkylation sites (tertiary alicyclic amines) is 1. The van der Waals surface area contributed by atoms with Crippen LogP contribution in [0.15, 0.2) is 54.9 Å². The Kier molecular flexibility index (Phi) is 9.82. The topological polar surface area (TPSA) is 185 Å². The van der Waals surface area contributed by atoms with Crippen molar-refractivity contribution in [1.29, 1.82) is 5.26 Å². The van der Waals surface area contributed by atoms with Gasteiger partial charge in [-0.3, -0.25) is 34.4 Å². The predicted octanol–water partition coefficient (Wildman–Crippen LogP) is 3.79. The summed E-state index contributed by atoms with van der Waals surface area (Å²) in [4.78, 5) is 64.0. The Morgan fingerprint density at radius 1 is 0.948 bits per heavy atom. The number of amides is 4. The summed E-state index contributed by atoms with van der Waals surface area (Å²) in [5.41, 5.74) is 6.39. The molecule has 9 rings (SSSR count). The summed E-state index contributed by atoms with van der Waals surface area (Å²) in [6.45, 7) is 9.15. The highest BCUT2D eigenvalue weighted by atomic mass is 32.1. The standard InChI is InChI=1S/C41H42N12O4S/c1-24(2)45-32-19-33(34-6-5-29-17-25(20-42)21-44-53(29)34)43-22-31(32)38-47-48-41(58-38)51-15-13-49(14-16-51)28-9-11-50(12-10-28)39(56)26-3-4-27-23-52(40(57)30(27)18-26)35-7-8-36(54)46-37(35)55/h3-6,17-19,21-22,24,28,35H,7-16,23H2,1-2H3,(H,43,45)(H,46,54,55). The van der Waals surface area contributed by atoms with Crippen LogP contribution in [-0.2, 0) is 16.1 Å². The highest BCUT2D eigenvalue weighted by molar-refractivity contribution is 7.18. The zero-order chi connectivity index (χ0) is 40.1. The molecule has 0 spiro atoms. The molecular weight excluding hydrogens is 757 g/mol. The molecule has 58 heavy (non-hydrogen) atoms. The Balaban J connectivity index is 0.803. The highest BCUT2D eigenvalue weighted by Crippen LogP contribution is 2.36. The molecule has 0 saturated carbocycles. The molecule has 5 aromatic rings. The molecule has 3 fully saturated rings. The molecule has 296 valence electrons. The van der Waals surface area contributed by atoms with Crippen LogP contribution in [0.4, 0.5) is 10.8 Å². The molecule has 4 aromatic heterocycles. The summed E-state index contributed by atoms with van der Waals surface area (Å²) in [7, 11) is 0. The van der Waals surface area contributed by atoms with Crippen LogP contribution in [-0.4, -0.2) is 121 Å². The Labute approximate surface area is 338 Å². The van der Waals surface area contributed by atoms with Gasteiger partial charge in [-0.25, -0.2) is 4.52 Å². The van der Waals surface area contributed by atoms with E-state index in [0.29, 0.717) is 42.2 Å². The largest absolute Gasteiger partial charge is 0.382 e. The molecule has 0 aliphatic carbocycles. The van der Waals surface area contributed by atoms with Gasteiger partial charge in [0.15, 0.2) is 5.01 Å². The number of nitriles is 1. The minimum atomic E-state index is -0.687. The fraction of sp³-hybridized carbons (Fsp3) is 0.390. The molecule has 4 aliphatic heterocycles. The molecular formula is C41H42N12O4S. The predicted molar refractivity (Wildman–Crippen MR) is 216 cm³/mol. The van der Waals surface area contributed by atoms with Crippen molar-refractivity contribution in [2.45, 2.75) is 64.2 Å². The van der Waals surface area contributed by atoms with Crippen LogP contribution in [0.2, 0.25) is 0 Å². The Morgan fingerprint density at radius 3 is 2.52 bits per heavy atom. The number of pyridine rings is 1. The summed E-state index contributed by atoms with van der Waals surface area (Å²) in [5, 5.41) is 30.5. The number of benzene rings is 1. The summed E-state index contributed by atoms with van der Waals surface area (Å²) in [6, 6.07) is 15.0. The Bertz CT molecular complexity index is 2490. The van der Waals surface area contributed by atoms with Crippen LogP contribution >= 0.6 is 11.3 Å². The number of anilines is 2. The third kappa shape index (κ3) is 7.02. The lowest BCUT2D eigenvalue weighted by Gasteiger charge is -2.42. The molecule has 0 radical (unpaired) electrons. The van der Waals surface area contributed by atoms with E-state index in [1.807, 2.05) is 35.4 Å². The van der Waals surface area contributed by atoms with Gasteiger partial charge >= 0.3 is 0 Å². The lowest BCUT2D eigenvalue weighted by atomic mass is 10.00. The zero-order valence-corrected chi connectivity index (χ0v) is 33.0. The van der Waals surface area contributed by atoms with Crippen molar-refractivity contribution in [2.24, 2.45) is 0 Å². The van der Waals surface area contributed by atoms with Crippen LogP contribution in [0.5, 0.6) is 0 Å². The molecule has 8 heterocycles. The van der Waals surface area contributed by atoms with Gasteiger partial charge in [-0.1, -0.05) is 17.4 Å². The summed E-state index contributed by atoms with van der Waals surface area (Å²) >= 11 is 1.56. The lowest BCUT2D eigenvalue weighted by molar-refractivity contribution is -0.136. The van der Waals surface area contributed by atoms with E-state index >= 15 is 0 Å². The monoisotopic (exact) mass is 798 g/mol. The molecule has 16 nitrogen and oxygen atoms in total. The second-order valence-electron chi connectivity index (χ2n) is 15.5. The number of fused-ring (bicyclic) bond motifs is 2. The Hall–Kier alpha value is -6.25. The van der Waals surface area contributed by atoms with E-state index in [0.717, 1.165) is 82.9 Å². The van der Waals surface area contributed by atoms with Gasteiger partial charge in [0.25, 0.3) is 11.8 Å². The first-order valence-electron chi connectivity index (χ1n) is 19.7. The molecule has 17 heteroatoms. The summed E-state index contributed by atoms with van der Waals surface area (Å²) in [5.74, 6) is -1.14. The second kappa shape index (κ2) is 15.3. The minimum absolute atomic E-state index is 0.0903. The van der Waals surface area contributed by atoms with Gasteiger partial charge in [-0.2, -0.15) is 10.4 Å². The first-order valence-corrected chi connectivity index (χ1v) is 20.5. The van der Waals surface area contributed by atoms with Crippen molar-refractivity contribution < 1.29 is 19.2 Å². The van der Waals surface area contributed by atoms with Crippen LogP contribution in [0.3, 0.4) is 0 Å². The number of hydrogen-bond acceptors (Lipinski definition) is 13. The molecule has 4 aliphatic rings. The average molecular weight is 799 g/mol. The SMILES string of the molecule is CC(C)Nc1cc(-c2ccc3cc(C#N)cnn23)ncc1-c1nnc(N2CCN(C3CCN(C(=O)c4ccc5c(c4)C(=O)N(C4CCC(=O)NC4=O)C5)CC3)CC2)s1. The van der Waals surface area contributed by atoms with Gasteiger partial charge in [0, 0.05) is 87.3 Å². The normalized spacial score (nSPS) is 19.2. The number of nitrogens with zero attached hydrogens (tertiary/aromatic N) is 10. The van der Waals surface area contributed by atoms with E-state index in [1.54, 1.807) is 40.2 Å². The van der Waals surface area contributed by atoms with E-state index in [4.69, 9.17) is 4.98 Å². The van der Waals surface area contributed by atoms with E-state index in [-0.39, 0.29) is 36.7 Å². The zero-order valence-electron chi connectivity index (χ0n) is 32.2. The first-order chi connectivity index (χ1) is 28.1. The number of carbonyl (C=O) groups excluding carboxylic acids is 4. The number of rotatable bonds is 8. The van der Waals surface area contributed by atoms with Crippen molar-refractivity contribution in [3.8, 4) is 28.0 Å². The molecule has 2 N–H and O–H groups in total. The highest BCUT2D eigenvalue weighted by Gasteiger charge is 2.40. The Morgan fingerprint density at radius 2 is 1.76 bits per heavy atom. The van der Waals surface area contributed by atoms with Gasteiger partial charge < -0.3 is 20.0 Å². The maximum absolute atomic E-state index is 13.6. The molecule has 0 bridgehead atoms. The number of nitrogens with one attached hydrogen (secondary N) is 2. The number of piperazine rings is 1. The third-order valence-corrected chi connectivity index (χ3v) is 12.5. The third-order valence-electron chi connectivity index (χ3n) is 11.5. The van der Waals surface area contributed by atoms with Crippen molar-refractivity contribution in [3.63, 3.8) is 0 Å². The van der Waals surface area contributed by atoms with Crippen molar-refractivity contribution in [1.82, 2.24) is 44.8 Å². The van der Waals surface area contributed by atoms with Gasteiger partial charge in [0.2, 0.25) is 16.9 Å². The first kappa shape index (κ1) is 37.3. The molecule has 1 atom stereocenters. The van der Waals surface area contributed by atoms with Crippen LogP contribution in [0.25, 0.3) is 27.5 Å². The van der Waals surface area contributed by atoms with E-state index in [2.05, 4.69) is 55.6 Å². The number of hydrogen-bond donors (Lipinski definition) is 2. The number of imide groups is 1. The van der Waals surface area contributed by atoms with Gasteiger partial charge in [0.05, 0.1) is 34.2 Å². The van der Waals surface area contributed by atoms with Crippen LogP contribution in [0.1, 0.15) is 71.4 Å². The quantitative estimate of drug-likeness (QED) is 0.217. The second-order valence-corrected chi connectivity index (χ2v) is 16.5. The summed E-state index contributed by atoms with van der Waals surface area (Å²) < 4.78 is 1.79. The number of carbonyl (C=O) groups is 4. The maximum atomic E-state index is 13.6. The summed E-state index contributed by atoms with van der Waals surface area (Å²) in [6.07, 6.45) is 5.62. The molecule has 1 unspecified atom stereocenters. The van der Waals surface area contributed by atoms with Crippen molar-refractivity contribution in [3.05, 3.63) is 77.1 Å². The number of aromatic nitrogens is 5. The van der Waals surface area contributed by atoms with E-state index in [1.165, 1.54) is 4.90 Å². The number of piperidine rings is 2. The van der Waals surface area contributed by atoms with Crippen LogP contribution in [0, 0.1) is 11.3 Å². The van der Waals surface area contributed by atoms with E-state index in [9.17, 15) is 24.4 Å². The van der Waals surface area contributed by atoms with Gasteiger partial charge in [-0.05, 0) is 75.1 Å². The minimum Gasteiger partial charge on any atom is -0.382 e. The molecule has 4 amide bonds. The maximum Gasteiger partial charge on any atom is 0.255 e. The fourth-order valence-electron chi connectivity index (χ4n) is 8.49. The van der Waals surface area contributed by atoms with Gasteiger partial charge in [0.1, 0.15) is 12.1 Å². The lowest BCUT2D eigenvalue weighted by Crippen LogP contribution is -2.53. The average Bonchev–Trinajstić information content (AvgIpc) is 3.98. The van der Waals surface area contributed by atoms with E-state index < -0.39 is 11.9 Å². The van der Waals surface area contributed by atoms with Crippen molar-refractivity contribution >= 4 is 51.3 Å². The molecule has 3 saturated heterocycles. The molecule has 1 aromatic carbocycles.